The topological polar surface area (TPSA) is 25.8 Å². The van der Waals surface area contributed by atoms with Crippen molar-refractivity contribution >= 4 is 11.6 Å². The molecule has 0 unspecified atom stereocenters. The Balaban J connectivity index is 2.47. The molecule has 0 aliphatic heterocycles. The highest BCUT2D eigenvalue weighted by Crippen LogP contribution is 2.18. The maximum absolute atomic E-state index is 12.8. The maximum atomic E-state index is 12.8. The fourth-order valence-electron chi connectivity index (χ4n) is 1.46. The van der Waals surface area contributed by atoms with Crippen molar-refractivity contribution in [2.45, 2.75) is 12.8 Å². The fraction of sp³-hybridized carbons (Fsp3) is 0.167. The number of aryl methyl sites for hydroxylation is 1. The van der Waals surface area contributed by atoms with Crippen LogP contribution in [0, 0.1) is 12.7 Å². The Bertz CT molecular complexity index is 497. The van der Waals surface area contributed by atoms with Crippen LogP contribution in [0.3, 0.4) is 0 Å². The van der Waals surface area contributed by atoms with Crippen LogP contribution in [-0.4, -0.2) is 9.97 Å². The van der Waals surface area contributed by atoms with Crippen molar-refractivity contribution in [2.75, 3.05) is 0 Å². The van der Waals surface area contributed by atoms with Gasteiger partial charge in [-0.05, 0) is 37.3 Å². The standard InChI is InChI=1S/C12H10ClFN2/c1-8-6-11(16-12(7-13)15-8)9-2-4-10(14)5-3-9/h2-6H,7H2,1H3. The average Bonchev–Trinajstić information content (AvgIpc) is 2.29. The van der Waals surface area contributed by atoms with E-state index in [4.69, 9.17) is 11.6 Å². The van der Waals surface area contributed by atoms with Crippen molar-refractivity contribution in [2.24, 2.45) is 0 Å². The van der Waals surface area contributed by atoms with E-state index in [1.807, 2.05) is 13.0 Å². The molecule has 2 rings (SSSR count). The zero-order valence-electron chi connectivity index (χ0n) is 8.74. The van der Waals surface area contributed by atoms with Gasteiger partial charge in [-0.15, -0.1) is 11.6 Å². The van der Waals surface area contributed by atoms with E-state index in [0.717, 1.165) is 17.0 Å². The second-order valence-electron chi connectivity index (χ2n) is 3.45. The maximum Gasteiger partial charge on any atom is 0.143 e. The molecular formula is C12H10ClFN2. The molecule has 0 aliphatic rings. The minimum atomic E-state index is -0.257. The Morgan fingerprint density at radius 3 is 2.50 bits per heavy atom. The summed E-state index contributed by atoms with van der Waals surface area (Å²) in [6.07, 6.45) is 0. The van der Waals surface area contributed by atoms with Crippen LogP contribution in [0.5, 0.6) is 0 Å². The van der Waals surface area contributed by atoms with E-state index in [1.54, 1.807) is 12.1 Å². The van der Waals surface area contributed by atoms with Crippen LogP contribution in [0.1, 0.15) is 11.5 Å². The smallest absolute Gasteiger partial charge is 0.143 e. The van der Waals surface area contributed by atoms with Gasteiger partial charge in [0.15, 0.2) is 0 Å². The largest absolute Gasteiger partial charge is 0.237 e. The summed E-state index contributed by atoms with van der Waals surface area (Å²) >= 11 is 5.70. The predicted molar refractivity (Wildman–Crippen MR) is 61.7 cm³/mol. The fourth-order valence-corrected chi connectivity index (χ4v) is 1.58. The Morgan fingerprint density at radius 1 is 1.19 bits per heavy atom. The average molecular weight is 237 g/mol. The summed E-state index contributed by atoms with van der Waals surface area (Å²) in [4.78, 5) is 8.46. The van der Waals surface area contributed by atoms with Gasteiger partial charge in [-0.25, -0.2) is 14.4 Å². The van der Waals surface area contributed by atoms with E-state index in [2.05, 4.69) is 9.97 Å². The number of nitrogens with zero attached hydrogens (tertiary/aromatic N) is 2. The summed E-state index contributed by atoms with van der Waals surface area (Å²) in [6.45, 7) is 1.88. The second kappa shape index (κ2) is 4.58. The summed E-state index contributed by atoms with van der Waals surface area (Å²) in [5, 5.41) is 0. The Kier molecular flexibility index (Phi) is 3.15. The van der Waals surface area contributed by atoms with E-state index in [9.17, 15) is 4.39 Å². The lowest BCUT2D eigenvalue weighted by molar-refractivity contribution is 0.628. The molecule has 1 aromatic carbocycles. The van der Waals surface area contributed by atoms with Crippen molar-refractivity contribution in [3.63, 3.8) is 0 Å². The van der Waals surface area contributed by atoms with Crippen LogP contribution >= 0.6 is 11.6 Å². The normalized spacial score (nSPS) is 10.4. The SMILES string of the molecule is Cc1cc(-c2ccc(F)cc2)nc(CCl)n1. The molecule has 0 bridgehead atoms. The molecule has 0 spiro atoms. The molecule has 0 atom stereocenters. The summed E-state index contributed by atoms with van der Waals surface area (Å²) in [5.41, 5.74) is 2.48. The lowest BCUT2D eigenvalue weighted by atomic mass is 10.1. The van der Waals surface area contributed by atoms with Gasteiger partial charge in [-0.3, -0.25) is 0 Å². The lowest BCUT2D eigenvalue weighted by Crippen LogP contribution is -1.96. The molecule has 0 amide bonds. The first kappa shape index (κ1) is 11.0. The van der Waals surface area contributed by atoms with Crippen molar-refractivity contribution in [3.05, 3.63) is 47.7 Å². The first-order valence-electron chi connectivity index (χ1n) is 4.85. The van der Waals surface area contributed by atoms with Crippen molar-refractivity contribution in [1.82, 2.24) is 9.97 Å². The van der Waals surface area contributed by atoms with Gasteiger partial charge in [0, 0.05) is 11.3 Å². The molecule has 0 fully saturated rings. The first-order chi connectivity index (χ1) is 7.69. The quantitative estimate of drug-likeness (QED) is 0.748. The first-order valence-corrected chi connectivity index (χ1v) is 5.39. The molecule has 1 heterocycles. The monoisotopic (exact) mass is 236 g/mol. The number of rotatable bonds is 2. The zero-order valence-corrected chi connectivity index (χ0v) is 9.50. The number of alkyl halides is 1. The third-order valence-corrected chi connectivity index (χ3v) is 2.40. The number of halogens is 2. The zero-order chi connectivity index (χ0) is 11.5. The van der Waals surface area contributed by atoms with Gasteiger partial charge in [-0.1, -0.05) is 0 Å². The van der Waals surface area contributed by atoms with Gasteiger partial charge < -0.3 is 0 Å². The van der Waals surface area contributed by atoms with Crippen LogP contribution in [0.2, 0.25) is 0 Å². The van der Waals surface area contributed by atoms with E-state index in [-0.39, 0.29) is 11.7 Å². The van der Waals surface area contributed by atoms with Crippen LogP contribution in [0.25, 0.3) is 11.3 Å². The Hall–Kier alpha value is -1.48. The molecular weight excluding hydrogens is 227 g/mol. The van der Waals surface area contributed by atoms with Gasteiger partial charge in [0.05, 0.1) is 11.6 Å². The molecule has 82 valence electrons. The molecule has 2 nitrogen and oxygen atoms in total. The number of aromatic nitrogens is 2. The van der Waals surface area contributed by atoms with Gasteiger partial charge in [0.2, 0.25) is 0 Å². The predicted octanol–water partition coefficient (Wildman–Crippen LogP) is 3.33. The van der Waals surface area contributed by atoms with E-state index in [0.29, 0.717) is 5.82 Å². The highest BCUT2D eigenvalue weighted by atomic mass is 35.5. The molecule has 0 aliphatic carbocycles. The molecule has 0 N–H and O–H groups in total. The Morgan fingerprint density at radius 2 is 1.88 bits per heavy atom. The van der Waals surface area contributed by atoms with Crippen molar-refractivity contribution in [1.29, 1.82) is 0 Å². The minimum absolute atomic E-state index is 0.257. The molecule has 0 saturated carbocycles. The highest BCUT2D eigenvalue weighted by Gasteiger charge is 2.04. The number of hydrogen-bond donors (Lipinski definition) is 0. The van der Waals surface area contributed by atoms with E-state index in [1.165, 1.54) is 12.1 Å². The summed E-state index contributed by atoms with van der Waals surface area (Å²) in [5.74, 6) is 0.601. The van der Waals surface area contributed by atoms with E-state index < -0.39 is 0 Å². The van der Waals surface area contributed by atoms with Crippen LogP contribution in [0.4, 0.5) is 4.39 Å². The lowest BCUT2D eigenvalue weighted by Gasteiger charge is -2.04. The van der Waals surface area contributed by atoms with Crippen LogP contribution < -0.4 is 0 Å². The molecule has 2 aromatic rings. The van der Waals surface area contributed by atoms with Crippen molar-refractivity contribution in [3.8, 4) is 11.3 Å². The third kappa shape index (κ3) is 2.36. The molecule has 4 heteroatoms. The summed E-state index contributed by atoms with van der Waals surface area (Å²) in [6, 6.07) is 8.05. The van der Waals surface area contributed by atoms with Gasteiger partial charge in [-0.2, -0.15) is 0 Å². The highest BCUT2D eigenvalue weighted by molar-refractivity contribution is 6.16. The Labute approximate surface area is 98.1 Å². The third-order valence-electron chi connectivity index (χ3n) is 2.16. The van der Waals surface area contributed by atoms with Crippen molar-refractivity contribution < 1.29 is 4.39 Å². The van der Waals surface area contributed by atoms with Crippen LogP contribution in [-0.2, 0) is 5.88 Å². The summed E-state index contributed by atoms with van der Waals surface area (Å²) < 4.78 is 12.8. The minimum Gasteiger partial charge on any atom is -0.237 e. The summed E-state index contributed by atoms with van der Waals surface area (Å²) in [7, 11) is 0. The molecule has 1 aromatic heterocycles. The second-order valence-corrected chi connectivity index (χ2v) is 3.72. The van der Waals surface area contributed by atoms with Crippen LogP contribution in [0.15, 0.2) is 30.3 Å². The molecule has 0 saturated heterocycles. The van der Waals surface area contributed by atoms with Gasteiger partial charge in [0.25, 0.3) is 0 Å². The number of benzene rings is 1. The molecule has 16 heavy (non-hydrogen) atoms. The molecule has 0 radical (unpaired) electrons. The van der Waals surface area contributed by atoms with Gasteiger partial charge >= 0.3 is 0 Å². The number of hydrogen-bond acceptors (Lipinski definition) is 2. The van der Waals surface area contributed by atoms with E-state index >= 15 is 0 Å². The van der Waals surface area contributed by atoms with Gasteiger partial charge in [0.1, 0.15) is 11.6 Å².